The molecule has 7 heteroatoms. The van der Waals surface area contributed by atoms with Gasteiger partial charge in [-0.1, -0.05) is 15.9 Å². The Labute approximate surface area is 125 Å². The van der Waals surface area contributed by atoms with Crippen molar-refractivity contribution >= 4 is 32.9 Å². The number of carboxylic acids is 1. The number of fused-ring (bicyclic) bond motifs is 1. The number of imidazole rings is 1. The zero-order valence-corrected chi connectivity index (χ0v) is 11.9. The zero-order valence-electron chi connectivity index (χ0n) is 10.3. The average Bonchev–Trinajstić information content (AvgIpc) is 2.79. The van der Waals surface area contributed by atoms with Crippen molar-refractivity contribution in [3.63, 3.8) is 0 Å². The average molecular weight is 353 g/mol. The predicted octanol–water partition coefficient (Wildman–Crippen LogP) is 3.97. The van der Waals surface area contributed by atoms with E-state index in [0.717, 1.165) is 12.1 Å². The molecule has 0 atom stereocenters. The molecule has 2 aromatic carbocycles. The molecule has 0 spiro atoms. The second-order valence-electron chi connectivity index (χ2n) is 4.36. The lowest BCUT2D eigenvalue weighted by atomic mass is 10.2. The molecule has 0 saturated heterocycles. The summed E-state index contributed by atoms with van der Waals surface area (Å²) < 4.78 is 28.1. The molecule has 106 valence electrons. The van der Waals surface area contributed by atoms with Crippen LogP contribution in [0.4, 0.5) is 8.78 Å². The van der Waals surface area contributed by atoms with Gasteiger partial charge >= 0.3 is 5.97 Å². The van der Waals surface area contributed by atoms with Crippen LogP contribution >= 0.6 is 15.9 Å². The van der Waals surface area contributed by atoms with Gasteiger partial charge in [0.1, 0.15) is 17.5 Å². The maximum atomic E-state index is 13.9. The molecule has 0 unspecified atom stereocenters. The molecule has 1 aromatic heterocycles. The van der Waals surface area contributed by atoms with Crippen molar-refractivity contribution in [3.05, 3.63) is 52.0 Å². The molecule has 1 heterocycles. The first-order valence-electron chi connectivity index (χ1n) is 5.83. The van der Waals surface area contributed by atoms with Gasteiger partial charge < -0.3 is 10.1 Å². The second kappa shape index (κ2) is 4.92. The molecule has 2 N–H and O–H groups in total. The first kappa shape index (κ1) is 13.7. The number of hydrogen-bond acceptors (Lipinski definition) is 2. The van der Waals surface area contributed by atoms with Crippen LogP contribution in [0.15, 0.2) is 34.8 Å². The summed E-state index contributed by atoms with van der Waals surface area (Å²) in [5, 5.41) is 8.88. The topological polar surface area (TPSA) is 66.0 Å². The Morgan fingerprint density at radius 2 is 1.95 bits per heavy atom. The van der Waals surface area contributed by atoms with Crippen LogP contribution in [-0.2, 0) is 0 Å². The summed E-state index contributed by atoms with van der Waals surface area (Å²) in [4.78, 5) is 17.8. The van der Waals surface area contributed by atoms with Crippen molar-refractivity contribution in [1.29, 1.82) is 0 Å². The van der Waals surface area contributed by atoms with Crippen LogP contribution < -0.4 is 0 Å². The summed E-state index contributed by atoms with van der Waals surface area (Å²) in [6.07, 6.45) is 0. The van der Waals surface area contributed by atoms with Crippen molar-refractivity contribution < 1.29 is 18.7 Å². The van der Waals surface area contributed by atoms with Gasteiger partial charge in [-0.2, -0.15) is 0 Å². The number of nitrogens with one attached hydrogen (secondary N) is 1. The Hall–Kier alpha value is -2.28. The van der Waals surface area contributed by atoms with Gasteiger partial charge in [0.25, 0.3) is 0 Å². The van der Waals surface area contributed by atoms with E-state index in [0.29, 0.717) is 9.99 Å². The molecule has 0 aliphatic heterocycles. The van der Waals surface area contributed by atoms with Crippen molar-refractivity contribution in [1.82, 2.24) is 9.97 Å². The maximum Gasteiger partial charge on any atom is 0.338 e. The lowest BCUT2D eigenvalue weighted by molar-refractivity contribution is 0.0692. The highest BCUT2D eigenvalue weighted by Gasteiger charge is 2.16. The Morgan fingerprint density at radius 3 is 2.62 bits per heavy atom. The number of aromatic amines is 1. The fourth-order valence-corrected chi connectivity index (χ4v) is 2.34. The largest absolute Gasteiger partial charge is 0.478 e. The first-order valence-corrected chi connectivity index (χ1v) is 6.63. The van der Waals surface area contributed by atoms with Crippen LogP contribution in [0, 0.1) is 11.6 Å². The molecule has 4 nitrogen and oxygen atoms in total. The smallest absolute Gasteiger partial charge is 0.338 e. The number of carbonyl (C=O) groups is 1. The summed E-state index contributed by atoms with van der Waals surface area (Å²) in [6, 6.07) is 6.60. The minimum Gasteiger partial charge on any atom is -0.478 e. The molecule has 0 saturated carbocycles. The van der Waals surface area contributed by atoms with E-state index in [-0.39, 0.29) is 16.9 Å². The molecule has 3 rings (SSSR count). The summed E-state index contributed by atoms with van der Waals surface area (Å²) in [7, 11) is 0. The highest BCUT2D eigenvalue weighted by Crippen LogP contribution is 2.26. The fraction of sp³-hybridized carbons (Fsp3) is 0. The van der Waals surface area contributed by atoms with Crippen LogP contribution in [0.2, 0.25) is 0 Å². The van der Waals surface area contributed by atoms with E-state index in [2.05, 4.69) is 25.9 Å². The number of nitrogens with zero attached hydrogens (tertiary/aromatic N) is 1. The van der Waals surface area contributed by atoms with E-state index < -0.39 is 23.2 Å². The van der Waals surface area contributed by atoms with Crippen molar-refractivity contribution in [2.75, 3.05) is 0 Å². The van der Waals surface area contributed by atoms with Crippen molar-refractivity contribution in [2.45, 2.75) is 0 Å². The number of carboxylic acid groups (broad SMARTS) is 1. The van der Waals surface area contributed by atoms with Gasteiger partial charge in [-0.25, -0.2) is 18.6 Å². The van der Waals surface area contributed by atoms with E-state index >= 15 is 0 Å². The molecular formula is C14H7BrF2N2O2. The minimum absolute atomic E-state index is 0.205. The van der Waals surface area contributed by atoms with E-state index in [9.17, 15) is 13.6 Å². The third-order valence-corrected chi connectivity index (χ3v) is 3.48. The number of benzene rings is 2. The SMILES string of the molecule is O=C(O)c1cc2nc(-c3ccc(Br)cc3F)[nH]c2cc1F. The highest BCUT2D eigenvalue weighted by atomic mass is 79.9. The Bertz CT molecular complexity index is 877. The van der Waals surface area contributed by atoms with Crippen LogP contribution in [0.1, 0.15) is 10.4 Å². The van der Waals surface area contributed by atoms with Gasteiger partial charge in [0, 0.05) is 10.5 Å². The summed E-state index contributed by atoms with van der Waals surface area (Å²) in [5.41, 5.74) is 0.296. The summed E-state index contributed by atoms with van der Waals surface area (Å²) in [6.45, 7) is 0. The van der Waals surface area contributed by atoms with E-state index in [4.69, 9.17) is 5.11 Å². The number of hydrogen-bond donors (Lipinski definition) is 2. The Morgan fingerprint density at radius 1 is 1.19 bits per heavy atom. The number of halogens is 3. The van der Waals surface area contributed by atoms with Crippen LogP contribution in [0.5, 0.6) is 0 Å². The first-order chi connectivity index (χ1) is 9.95. The van der Waals surface area contributed by atoms with Crippen molar-refractivity contribution in [3.8, 4) is 11.4 Å². The van der Waals surface area contributed by atoms with Gasteiger partial charge in [0.2, 0.25) is 0 Å². The van der Waals surface area contributed by atoms with E-state index in [1.807, 2.05) is 0 Å². The van der Waals surface area contributed by atoms with Gasteiger partial charge in [-0.05, 0) is 24.3 Å². The molecule has 0 aliphatic rings. The standard InChI is InChI=1S/C14H7BrF2N2O2/c15-6-1-2-7(9(16)3-6)13-18-11-4-8(14(20)21)10(17)5-12(11)19-13/h1-5H,(H,18,19)(H,20,21). The second-order valence-corrected chi connectivity index (χ2v) is 5.28. The minimum atomic E-state index is -1.38. The molecule has 21 heavy (non-hydrogen) atoms. The van der Waals surface area contributed by atoms with Crippen LogP contribution in [-0.4, -0.2) is 21.0 Å². The number of aromatic nitrogens is 2. The molecule has 0 aliphatic carbocycles. The van der Waals surface area contributed by atoms with E-state index in [1.165, 1.54) is 12.1 Å². The van der Waals surface area contributed by atoms with Crippen molar-refractivity contribution in [2.24, 2.45) is 0 Å². The normalized spacial score (nSPS) is 11.0. The number of aromatic carboxylic acids is 1. The summed E-state index contributed by atoms with van der Waals surface area (Å²) in [5.74, 6) is -2.55. The maximum absolute atomic E-state index is 13.9. The van der Waals surface area contributed by atoms with E-state index in [1.54, 1.807) is 6.07 Å². The predicted molar refractivity (Wildman–Crippen MR) is 76.1 cm³/mol. The quantitative estimate of drug-likeness (QED) is 0.733. The monoisotopic (exact) mass is 352 g/mol. The Balaban J connectivity index is 2.19. The molecule has 0 bridgehead atoms. The van der Waals surface area contributed by atoms with Crippen LogP contribution in [0.25, 0.3) is 22.4 Å². The number of H-pyrrole nitrogens is 1. The van der Waals surface area contributed by atoms with Gasteiger partial charge in [-0.3, -0.25) is 0 Å². The highest BCUT2D eigenvalue weighted by molar-refractivity contribution is 9.10. The zero-order chi connectivity index (χ0) is 15.1. The number of rotatable bonds is 2. The Kier molecular flexibility index (Phi) is 3.21. The lowest BCUT2D eigenvalue weighted by Crippen LogP contribution is -1.99. The van der Waals surface area contributed by atoms with Gasteiger partial charge in [0.15, 0.2) is 0 Å². The lowest BCUT2D eigenvalue weighted by Gasteiger charge is -1.99. The third-order valence-electron chi connectivity index (χ3n) is 2.99. The molecule has 0 amide bonds. The molecular weight excluding hydrogens is 346 g/mol. The molecule has 0 radical (unpaired) electrons. The molecule has 3 aromatic rings. The third kappa shape index (κ3) is 2.40. The van der Waals surface area contributed by atoms with Crippen LogP contribution in [0.3, 0.4) is 0 Å². The molecule has 0 fully saturated rings. The van der Waals surface area contributed by atoms with Gasteiger partial charge in [0.05, 0.1) is 22.2 Å². The fourth-order valence-electron chi connectivity index (χ4n) is 2.00. The van der Waals surface area contributed by atoms with Gasteiger partial charge in [-0.15, -0.1) is 0 Å². The summed E-state index contributed by atoms with van der Waals surface area (Å²) >= 11 is 3.15.